The van der Waals surface area contributed by atoms with E-state index in [1.54, 1.807) is 17.0 Å². The van der Waals surface area contributed by atoms with Crippen LogP contribution in [0, 0.1) is 0 Å². The lowest BCUT2D eigenvalue weighted by Gasteiger charge is -2.38. The Hall–Kier alpha value is -2.08. The maximum absolute atomic E-state index is 12.3. The van der Waals surface area contributed by atoms with Crippen molar-refractivity contribution < 1.29 is 19.4 Å². The fourth-order valence-corrected chi connectivity index (χ4v) is 2.32. The van der Waals surface area contributed by atoms with Crippen molar-refractivity contribution in [3.63, 3.8) is 0 Å². The summed E-state index contributed by atoms with van der Waals surface area (Å²) in [5, 5.41) is 11.6. The number of nitrogens with one attached hydrogen (secondary N) is 1. The minimum Gasteiger partial charge on any atom is -0.478 e. The quantitative estimate of drug-likeness (QED) is 0.896. The number of hydrogen-bond acceptors (Lipinski definition) is 3. The largest absolute Gasteiger partial charge is 0.478 e. The van der Waals surface area contributed by atoms with Gasteiger partial charge in [-0.1, -0.05) is 6.92 Å². The number of ether oxygens (including phenoxy) is 1. The number of carbonyl (C=O) groups is 2. The van der Waals surface area contributed by atoms with Gasteiger partial charge in [0.25, 0.3) is 0 Å². The molecule has 1 fully saturated rings. The number of hydrogen-bond donors (Lipinski definition) is 2. The first-order valence-electron chi connectivity index (χ1n) is 7.03. The van der Waals surface area contributed by atoms with E-state index in [0.29, 0.717) is 18.8 Å². The highest BCUT2D eigenvalue weighted by Crippen LogP contribution is 2.17. The summed E-state index contributed by atoms with van der Waals surface area (Å²) in [4.78, 5) is 24.9. The minimum atomic E-state index is -0.985. The number of aromatic carboxylic acids is 1. The fourth-order valence-electron chi connectivity index (χ4n) is 2.32. The standard InChI is InChI=1S/C15H20N2O4/c1-3-13-9-21-10(2)8-17(13)15(20)16-12-6-4-11(5-7-12)14(18)19/h4-7,10,13H,3,8-9H2,1-2H3,(H,16,20)(H,18,19). The summed E-state index contributed by atoms with van der Waals surface area (Å²) in [7, 11) is 0. The van der Waals surface area contributed by atoms with Gasteiger partial charge in [-0.3, -0.25) is 0 Å². The second kappa shape index (κ2) is 6.58. The molecule has 114 valence electrons. The third kappa shape index (κ3) is 3.72. The number of carboxylic acid groups (broad SMARTS) is 1. The van der Waals surface area contributed by atoms with Gasteiger partial charge in [0.1, 0.15) is 0 Å². The summed E-state index contributed by atoms with van der Waals surface area (Å²) in [6, 6.07) is 6.01. The van der Waals surface area contributed by atoms with E-state index in [1.165, 1.54) is 12.1 Å². The van der Waals surface area contributed by atoms with E-state index in [-0.39, 0.29) is 23.7 Å². The van der Waals surface area contributed by atoms with Gasteiger partial charge in [0.15, 0.2) is 0 Å². The number of carbonyl (C=O) groups excluding carboxylic acids is 1. The van der Waals surface area contributed by atoms with Crippen LogP contribution in [-0.4, -0.2) is 47.3 Å². The SMILES string of the molecule is CCC1COC(C)CN1C(=O)Nc1ccc(C(=O)O)cc1. The molecule has 0 saturated carbocycles. The van der Waals surface area contributed by atoms with E-state index in [9.17, 15) is 9.59 Å². The van der Waals surface area contributed by atoms with Crippen molar-refractivity contribution in [1.29, 1.82) is 0 Å². The van der Waals surface area contributed by atoms with Crippen LogP contribution in [0.2, 0.25) is 0 Å². The summed E-state index contributed by atoms with van der Waals surface area (Å²) in [5.74, 6) is -0.985. The molecule has 0 aliphatic carbocycles. The number of carboxylic acids is 1. The topological polar surface area (TPSA) is 78.9 Å². The van der Waals surface area contributed by atoms with Gasteiger partial charge in [-0.25, -0.2) is 9.59 Å². The lowest BCUT2D eigenvalue weighted by atomic mass is 10.1. The van der Waals surface area contributed by atoms with Crippen LogP contribution >= 0.6 is 0 Å². The van der Waals surface area contributed by atoms with Crippen molar-refractivity contribution >= 4 is 17.7 Å². The van der Waals surface area contributed by atoms with Gasteiger partial charge in [0.05, 0.1) is 24.3 Å². The van der Waals surface area contributed by atoms with E-state index in [2.05, 4.69) is 5.32 Å². The smallest absolute Gasteiger partial charge is 0.335 e. The molecule has 2 atom stereocenters. The van der Waals surface area contributed by atoms with Crippen LogP contribution in [0.15, 0.2) is 24.3 Å². The molecular formula is C15H20N2O4. The average Bonchev–Trinajstić information content (AvgIpc) is 2.47. The van der Waals surface area contributed by atoms with Gasteiger partial charge in [-0.15, -0.1) is 0 Å². The van der Waals surface area contributed by atoms with Crippen LogP contribution in [0.3, 0.4) is 0 Å². The van der Waals surface area contributed by atoms with Crippen LogP contribution in [0.1, 0.15) is 30.6 Å². The van der Waals surface area contributed by atoms with Gasteiger partial charge >= 0.3 is 12.0 Å². The zero-order valence-corrected chi connectivity index (χ0v) is 12.2. The highest BCUT2D eigenvalue weighted by molar-refractivity contribution is 5.91. The zero-order valence-electron chi connectivity index (χ0n) is 12.2. The highest BCUT2D eigenvalue weighted by Gasteiger charge is 2.29. The van der Waals surface area contributed by atoms with Crippen molar-refractivity contribution in [2.24, 2.45) is 0 Å². The molecular weight excluding hydrogens is 272 g/mol. The molecule has 1 saturated heterocycles. The molecule has 0 radical (unpaired) electrons. The van der Waals surface area contributed by atoms with Crippen molar-refractivity contribution in [3.8, 4) is 0 Å². The normalized spacial score (nSPS) is 21.9. The third-order valence-electron chi connectivity index (χ3n) is 3.58. The Morgan fingerprint density at radius 2 is 2.05 bits per heavy atom. The Labute approximate surface area is 123 Å². The Kier molecular flexibility index (Phi) is 4.80. The van der Waals surface area contributed by atoms with Crippen LogP contribution in [0.5, 0.6) is 0 Å². The van der Waals surface area contributed by atoms with Crippen LogP contribution in [0.25, 0.3) is 0 Å². The zero-order chi connectivity index (χ0) is 15.4. The Morgan fingerprint density at radius 1 is 1.38 bits per heavy atom. The molecule has 0 aromatic heterocycles. The lowest BCUT2D eigenvalue weighted by Crippen LogP contribution is -2.52. The Balaban J connectivity index is 2.03. The van der Waals surface area contributed by atoms with Gasteiger partial charge < -0.3 is 20.1 Å². The summed E-state index contributed by atoms with van der Waals surface area (Å²) in [6.45, 7) is 5.06. The van der Waals surface area contributed by atoms with Crippen molar-refractivity contribution in [3.05, 3.63) is 29.8 Å². The number of nitrogens with zero attached hydrogens (tertiary/aromatic N) is 1. The first-order valence-corrected chi connectivity index (χ1v) is 7.03. The monoisotopic (exact) mass is 292 g/mol. The minimum absolute atomic E-state index is 0.0212. The van der Waals surface area contributed by atoms with Crippen molar-refractivity contribution in [2.45, 2.75) is 32.4 Å². The van der Waals surface area contributed by atoms with Crippen LogP contribution < -0.4 is 5.32 Å². The number of amides is 2. The molecule has 1 aliphatic heterocycles. The van der Waals surface area contributed by atoms with Crippen molar-refractivity contribution in [1.82, 2.24) is 4.90 Å². The molecule has 21 heavy (non-hydrogen) atoms. The summed E-state index contributed by atoms with van der Waals surface area (Å²) >= 11 is 0. The van der Waals surface area contributed by atoms with Gasteiger partial charge in [0.2, 0.25) is 0 Å². The van der Waals surface area contributed by atoms with E-state index in [1.807, 2.05) is 13.8 Å². The van der Waals surface area contributed by atoms with E-state index < -0.39 is 5.97 Å². The Morgan fingerprint density at radius 3 is 2.62 bits per heavy atom. The van der Waals surface area contributed by atoms with E-state index in [0.717, 1.165) is 6.42 Å². The molecule has 1 aromatic rings. The molecule has 6 heteroatoms. The third-order valence-corrected chi connectivity index (χ3v) is 3.58. The molecule has 0 spiro atoms. The molecule has 2 rings (SSSR count). The summed E-state index contributed by atoms with van der Waals surface area (Å²) in [5.41, 5.74) is 0.776. The second-order valence-corrected chi connectivity index (χ2v) is 5.17. The maximum atomic E-state index is 12.3. The second-order valence-electron chi connectivity index (χ2n) is 5.17. The molecule has 1 heterocycles. The molecule has 2 unspecified atom stereocenters. The lowest BCUT2D eigenvalue weighted by molar-refractivity contribution is -0.0357. The first-order chi connectivity index (χ1) is 10.0. The molecule has 2 amide bonds. The molecule has 6 nitrogen and oxygen atoms in total. The predicted molar refractivity (Wildman–Crippen MR) is 78.6 cm³/mol. The number of benzene rings is 1. The predicted octanol–water partition coefficient (Wildman–Crippen LogP) is 2.42. The molecule has 2 N–H and O–H groups in total. The number of anilines is 1. The van der Waals surface area contributed by atoms with Gasteiger partial charge in [-0.2, -0.15) is 0 Å². The summed E-state index contributed by atoms with van der Waals surface area (Å²) in [6.07, 6.45) is 0.853. The number of rotatable bonds is 3. The van der Waals surface area contributed by atoms with Crippen LogP contribution in [-0.2, 0) is 4.74 Å². The first kappa shape index (κ1) is 15.3. The van der Waals surface area contributed by atoms with E-state index in [4.69, 9.17) is 9.84 Å². The van der Waals surface area contributed by atoms with Crippen molar-refractivity contribution in [2.75, 3.05) is 18.5 Å². The number of morpholine rings is 1. The molecule has 0 bridgehead atoms. The number of urea groups is 1. The fraction of sp³-hybridized carbons (Fsp3) is 0.467. The Bertz CT molecular complexity index is 515. The van der Waals surface area contributed by atoms with Gasteiger partial charge in [-0.05, 0) is 37.6 Å². The highest BCUT2D eigenvalue weighted by atomic mass is 16.5. The van der Waals surface area contributed by atoms with Gasteiger partial charge in [0, 0.05) is 12.2 Å². The maximum Gasteiger partial charge on any atom is 0.335 e. The van der Waals surface area contributed by atoms with Crippen LogP contribution in [0.4, 0.5) is 10.5 Å². The average molecular weight is 292 g/mol. The molecule has 1 aliphatic rings. The van der Waals surface area contributed by atoms with E-state index >= 15 is 0 Å². The molecule has 1 aromatic carbocycles. The summed E-state index contributed by atoms with van der Waals surface area (Å²) < 4.78 is 5.57.